The van der Waals surface area contributed by atoms with E-state index < -0.39 is 11.7 Å². The highest BCUT2D eigenvalue weighted by Crippen LogP contribution is 2.36. The summed E-state index contributed by atoms with van der Waals surface area (Å²) in [6.07, 6.45) is 3.66. The maximum absolute atomic E-state index is 13.1. The van der Waals surface area contributed by atoms with Gasteiger partial charge in [-0.3, -0.25) is 4.90 Å². The Morgan fingerprint density at radius 3 is 2.36 bits per heavy atom. The van der Waals surface area contributed by atoms with Crippen LogP contribution in [0, 0.1) is 0 Å². The summed E-state index contributed by atoms with van der Waals surface area (Å²) in [6, 6.07) is 5.80. The number of hydrogen-bond donors (Lipinski definition) is 1. The average Bonchev–Trinajstić information content (AvgIpc) is 2.55. The van der Waals surface area contributed by atoms with Crippen LogP contribution in [-0.4, -0.2) is 37.2 Å². The molecule has 22 heavy (non-hydrogen) atoms. The molecule has 2 aliphatic heterocycles. The van der Waals surface area contributed by atoms with Crippen LogP contribution < -0.4 is 10.2 Å². The number of anilines is 1. The third-order valence-electron chi connectivity index (χ3n) is 4.03. The third-order valence-corrected chi connectivity index (χ3v) is 4.03. The maximum atomic E-state index is 13.1. The monoisotopic (exact) mass is 309 g/mol. The number of nitrogens with one attached hydrogen (secondary N) is 1. The Hall–Kier alpha value is -1.95. The van der Waals surface area contributed by atoms with Crippen LogP contribution in [0.5, 0.6) is 0 Å². The number of benzene rings is 1. The molecule has 0 spiro atoms. The lowest BCUT2D eigenvalue weighted by atomic mass is 10.1. The summed E-state index contributed by atoms with van der Waals surface area (Å²) in [5.41, 5.74) is -0.274. The van der Waals surface area contributed by atoms with Crippen LogP contribution in [0.4, 0.5) is 18.9 Å². The Labute approximate surface area is 127 Å². The first-order chi connectivity index (χ1) is 10.6. The molecule has 6 heteroatoms. The van der Waals surface area contributed by atoms with E-state index in [1.54, 1.807) is 12.1 Å². The van der Waals surface area contributed by atoms with E-state index in [-0.39, 0.29) is 11.9 Å². The predicted octanol–water partition coefficient (Wildman–Crippen LogP) is 2.83. The molecular weight excluding hydrogens is 291 g/mol. The number of piperazine rings is 1. The van der Waals surface area contributed by atoms with Gasteiger partial charge >= 0.3 is 6.18 Å². The number of rotatable bonds is 2. The second-order valence-corrected chi connectivity index (χ2v) is 5.39. The smallest absolute Gasteiger partial charge is 0.372 e. The molecule has 1 fully saturated rings. The van der Waals surface area contributed by atoms with Crippen molar-refractivity contribution < 1.29 is 13.2 Å². The average molecular weight is 309 g/mol. The lowest BCUT2D eigenvalue weighted by molar-refractivity contribution is -0.137. The van der Waals surface area contributed by atoms with Crippen molar-refractivity contribution in [3.05, 3.63) is 54.3 Å². The van der Waals surface area contributed by atoms with Crippen molar-refractivity contribution in [1.29, 1.82) is 0 Å². The van der Waals surface area contributed by atoms with Crippen LogP contribution in [0.3, 0.4) is 0 Å². The van der Waals surface area contributed by atoms with Crippen molar-refractivity contribution in [1.82, 2.24) is 10.2 Å². The van der Waals surface area contributed by atoms with Gasteiger partial charge in [0.2, 0.25) is 0 Å². The number of hydrogen-bond acceptors (Lipinski definition) is 3. The van der Waals surface area contributed by atoms with Crippen molar-refractivity contribution in [3.8, 4) is 0 Å². The van der Waals surface area contributed by atoms with Crippen molar-refractivity contribution in [2.45, 2.75) is 12.3 Å². The minimum atomic E-state index is -4.31. The highest BCUT2D eigenvalue weighted by atomic mass is 19.4. The Balaban J connectivity index is 1.69. The summed E-state index contributed by atoms with van der Waals surface area (Å²) in [5, 5.41) is 3.24. The normalized spacial score (nSPS) is 22.7. The molecule has 1 aromatic rings. The molecule has 0 aliphatic carbocycles. The number of allylic oxidation sites excluding steroid dienone is 2. The topological polar surface area (TPSA) is 18.5 Å². The molecule has 1 N–H and O–H groups in total. The fourth-order valence-corrected chi connectivity index (χ4v) is 2.89. The first kappa shape index (κ1) is 15.0. The molecule has 0 amide bonds. The van der Waals surface area contributed by atoms with E-state index in [0.717, 1.165) is 19.2 Å². The van der Waals surface area contributed by atoms with Gasteiger partial charge in [-0.05, 0) is 30.5 Å². The molecular formula is C16H18F3N3. The largest absolute Gasteiger partial charge is 0.418 e. The van der Waals surface area contributed by atoms with Gasteiger partial charge in [0, 0.05) is 31.9 Å². The van der Waals surface area contributed by atoms with Gasteiger partial charge in [-0.1, -0.05) is 18.2 Å². The van der Waals surface area contributed by atoms with Gasteiger partial charge in [-0.2, -0.15) is 13.2 Å². The van der Waals surface area contributed by atoms with Crippen molar-refractivity contribution in [2.75, 3.05) is 31.1 Å². The summed E-state index contributed by atoms with van der Waals surface area (Å²) in [4.78, 5) is 4.05. The molecule has 2 aliphatic rings. The molecule has 118 valence electrons. The van der Waals surface area contributed by atoms with E-state index in [1.165, 1.54) is 6.07 Å². The van der Waals surface area contributed by atoms with Crippen LogP contribution in [0.1, 0.15) is 5.56 Å². The van der Waals surface area contributed by atoms with Gasteiger partial charge in [0.25, 0.3) is 0 Å². The van der Waals surface area contributed by atoms with E-state index in [0.29, 0.717) is 13.1 Å². The lowest BCUT2D eigenvalue weighted by Crippen LogP contribution is -2.53. The molecule has 1 atom stereocenters. The predicted molar refractivity (Wildman–Crippen MR) is 80.4 cm³/mol. The number of nitrogens with zero attached hydrogens (tertiary/aromatic N) is 2. The number of para-hydroxylation sites is 1. The van der Waals surface area contributed by atoms with Gasteiger partial charge in [0.15, 0.2) is 0 Å². The Morgan fingerprint density at radius 2 is 1.73 bits per heavy atom. The molecule has 3 nitrogen and oxygen atoms in total. The SMILES string of the molecule is FC(F)(F)c1ccccc1N1CCN(C2C=CC=CN2)CC1. The van der Waals surface area contributed by atoms with E-state index in [1.807, 2.05) is 23.3 Å². The number of dihydropyridines is 1. The van der Waals surface area contributed by atoms with E-state index in [4.69, 9.17) is 0 Å². The van der Waals surface area contributed by atoms with Crippen LogP contribution in [-0.2, 0) is 6.18 Å². The van der Waals surface area contributed by atoms with E-state index >= 15 is 0 Å². The minimum absolute atomic E-state index is 0.130. The second kappa shape index (κ2) is 6.04. The van der Waals surface area contributed by atoms with Crippen LogP contribution in [0.15, 0.2) is 48.7 Å². The summed E-state index contributed by atoms with van der Waals surface area (Å²) < 4.78 is 39.3. The van der Waals surface area contributed by atoms with Gasteiger partial charge in [0.05, 0.1) is 11.7 Å². The summed E-state index contributed by atoms with van der Waals surface area (Å²) in [5.74, 6) is 0. The van der Waals surface area contributed by atoms with E-state index in [9.17, 15) is 13.2 Å². The standard InChI is InChI=1S/C16H18F3N3/c17-16(18,19)13-5-1-2-6-14(13)21-9-11-22(12-10-21)15-7-3-4-8-20-15/h1-8,15,20H,9-12H2. The van der Waals surface area contributed by atoms with Gasteiger partial charge < -0.3 is 10.2 Å². The molecule has 1 aromatic carbocycles. The first-order valence-corrected chi connectivity index (χ1v) is 7.30. The fraction of sp³-hybridized carbons (Fsp3) is 0.375. The molecule has 1 saturated heterocycles. The van der Waals surface area contributed by atoms with Gasteiger partial charge in [-0.25, -0.2) is 0 Å². The van der Waals surface area contributed by atoms with Gasteiger partial charge in [0.1, 0.15) is 0 Å². The number of halogens is 3. The molecule has 0 saturated carbocycles. The van der Waals surface area contributed by atoms with Crippen molar-refractivity contribution >= 4 is 5.69 Å². The molecule has 0 aromatic heterocycles. The molecule has 1 unspecified atom stereocenters. The first-order valence-electron chi connectivity index (χ1n) is 7.30. The summed E-state index contributed by atoms with van der Waals surface area (Å²) in [6.45, 7) is 2.62. The van der Waals surface area contributed by atoms with Crippen LogP contribution in [0.25, 0.3) is 0 Å². The Morgan fingerprint density at radius 1 is 1.00 bits per heavy atom. The highest BCUT2D eigenvalue weighted by molar-refractivity contribution is 5.55. The fourth-order valence-electron chi connectivity index (χ4n) is 2.89. The zero-order valence-corrected chi connectivity index (χ0v) is 12.1. The van der Waals surface area contributed by atoms with Crippen LogP contribution in [0.2, 0.25) is 0 Å². The Bertz CT molecular complexity index is 572. The molecule has 3 rings (SSSR count). The van der Waals surface area contributed by atoms with Gasteiger partial charge in [-0.15, -0.1) is 0 Å². The Kier molecular flexibility index (Phi) is 4.11. The summed E-state index contributed by atoms with van der Waals surface area (Å²) in [7, 11) is 0. The molecule has 2 heterocycles. The minimum Gasteiger partial charge on any atom is -0.372 e. The third kappa shape index (κ3) is 3.11. The summed E-state index contributed by atoms with van der Waals surface area (Å²) >= 11 is 0. The zero-order chi connectivity index (χ0) is 15.6. The molecule has 0 radical (unpaired) electrons. The number of alkyl halides is 3. The highest BCUT2D eigenvalue weighted by Gasteiger charge is 2.35. The lowest BCUT2D eigenvalue weighted by Gasteiger charge is -2.40. The second-order valence-electron chi connectivity index (χ2n) is 5.39. The zero-order valence-electron chi connectivity index (χ0n) is 12.1. The van der Waals surface area contributed by atoms with Crippen molar-refractivity contribution in [2.24, 2.45) is 0 Å². The van der Waals surface area contributed by atoms with Crippen LogP contribution >= 0.6 is 0 Å². The molecule has 0 bridgehead atoms. The quantitative estimate of drug-likeness (QED) is 0.906. The van der Waals surface area contributed by atoms with E-state index in [2.05, 4.69) is 16.3 Å². The van der Waals surface area contributed by atoms with Crippen molar-refractivity contribution in [3.63, 3.8) is 0 Å². The maximum Gasteiger partial charge on any atom is 0.418 e.